The Labute approximate surface area is 172 Å². The molecule has 0 aliphatic carbocycles. The molecule has 1 rings (SSSR count). The third-order valence-electron chi connectivity index (χ3n) is 5.47. The number of aromatic hydroxyl groups is 1. The molecule has 0 aromatic heterocycles. The molecule has 1 atom stereocenters. The fourth-order valence-corrected chi connectivity index (χ4v) is 3.60. The summed E-state index contributed by atoms with van der Waals surface area (Å²) in [5.41, 5.74) is 2.65. The summed E-state index contributed by atoms with van der Waals surface area (Å²) in [5, 5.41) is 10.8. The Balaban J connectivity index is 2.80. The number of phenols is 1. The van der Waals surface area contributed by atoms with Crippen molar-refractivity contribution in [3.05, 3.63) is 28.8 Å². The van der Waals surface area contributed by atoms with Gasteiger partial charge in [-0.15, -0.1) is 0 Å². The van der Waals surface area contributed by atoms with Crippen LogP contribution >= 0.6 is 0 Å². The van der Waals surface area contributed by atoms with Gasteiger partial charge < -0.3 is 9.84 Å². The Morgan fingerprint density at radius 3 is 1.96 bits per heavy atom. The van der Waals surface area contributed by atoms with Gasteiger partial charge in [-0.1, -0.05) is 86.8 Å². The van der Waals surface area contributed by atoms with E-state index in [1.54, 1.807) is 0 Å². The van der Waals surface area contributed by atoms with Crippen molar-refractivity contribution >= 4 is 5.97 Å². The van der Waals surface area contributed by atoms with Gasteiger partial charge in [0.1, 0.15) is 5.75 Å². The van der Waals surface area contributed by atoms with Gasteiger partial charge in [0.15, 0.2) is 0 Å². The van der Waals surface area contributed by atoms with Gasteiger partial charge in [0, 0.05) is 6.42 Å². The van der Waals surface area contributed by atoms with Crippen LogP contribution in [0.2, 0.25) is 0 Å². The van der Waals surface area contributed by atoms with E-state index in [0.717, 1.165) is 29.5 Å². The number of carbonyl (C=O) groups is 1. The molecule has 0 aliphatic heterocycles. The molecule has 0 radical (unpaired) electrons. The minimum atomic E-state index is -0.158. The molecule has 0 heterocycles. The van der Waals surface area contributed by atoms with Crippen molar-refractivity contribution in [3.63, 3.8) is 0 Å². The minimum absolute atomic E-state index is 0.131. The SMILES string of the molecule is CCCC(CC)CCOC(=O)CCc1cc(C(C)(C)C)c(O)c(C(C)(C)C)c1. The topological polar surface area (TPSA) is 46.5 Å². The third-order valence-corrected chi connectivity index (χ3v) is 5.47. The second kappa shape index (κ2) is 10.3. The van der Waals surface area contributed by atoms with Crippen molar-refractivity contribution in [1.82, 2.24) is 0 Å². The van der Waals surface area contributed by atoms with Gasteiger partial charge in [0.05, 0.1) is 6.61 Å². The van der Waals surface area contributed by atoms with Gasteiger partial charge in [-0.05, 0) is 46.3 Å². The number of phenolic OH excluding ortho intramolecular Hbond substituents is 1. The van der Waals surface area contributed by atoms with Gasteiger partial charge in [-0.3, -0.25) is 4.79 Å². The quantitative estimate of drug-likeness (QED) is 0.478. The Morgan fingerprint density at radius 2 is 1.54 bits per heavy atom. The number of carbonyl (C=O) groups excluding carboxylic acids is 1. The highest BCUT2D eigenvalue weighted by molar-refractivity contribution is 5.69. The first kappa shape index (κ1) is 24.5. The van der Waals surface area contributed by atoms with Crippen LogP contribution in [0.1, 0.15) is 104 Å². The predicted octanol–water partition coefficient (Wildman–Crippen LogP) is 6.68. The van der Waals surface area contributed by atoms with Crippen LogP contribution < -0.4 is 0 Å². The molecule has 0 aliphatic rings. The monoisotopic (exact) mass is 390 g/mol. The lowest BCUT2D eigenvalue weighted by atomic mass is 9.78. The molecule has 0 amide bonds. The van der Waals surface area contributed by atoms with E-state index in [1.807, 2.05) is 12.1 Å². The van der Waals surface area contributed by atoms with E-state index in [4.69, 9.17) is 4.74 Å². The second-order valence-electron chi connectivity index (χ2n) is 10.1. The van der Waals surface area contributed by atoms with Crippen molar-refractivity contribution in [2.45, 2.75) is 105 Å². The number of hydrogen-bond acceptors (Lipinski definition) is 3. The van der Waals surface area contributed by atoms with Gasteiger partial charge in [-0.2, -0.15) is 0 Å². The molecule has 0 saturated heterocycles. The summed E-state index contributed by atoms with van der Waals surface area (Å²) in [4.78, 5) is 12.2. The van der Waals surface area contributed by atoms with Gasteiger partial charge in [0.2, 0.25) is 0 Å². The molecule has 1 aromatic rings. The van der Waals surface area contributed by atoms with Crippen molar-refractivity contribution in [1.29, 1.82) is 0 Å². The highest BCUT2D eigenvalue weighted by Crippen LogP contribution is 2.40. The van der Waals surface area contributed by atoms with Crippen molar-refractivity contribution < 1.29 is 14.6 Å². The van der Waals surface area contributed by atoms with Crippen molar-refractivity contribution in [3.8, 4) is 5.75 Å². The number of rotatable bonds is 9. The molecule has 28 heavy (non-hydrogen) atoms. The van der Waals surface area contributed by atoms with Crippen LogP contribution in [0, 0.1) is 5.92 Å². The zero-order valence-electron chi connectivity index (χ0n) is 19.4. The van der Waals surface area contributed by atoms with E-state index in [2.05, 4.69) is 55.4 Å². The number of benzene rings is 1. The van der Waals surface area contributed by atoms with E-state index < -0.39 is 0 Å². The summed E-state index contributed by atoms with van der Waals surface area (Å²) in [7, 11) is 0. The lowest BCUT2D eigenvalue weighted by Gasteiger charge is -2.28. The van der Waals surface area contributed by atoms with E-state index in [1.165, 1.54) is 12.8 Å². The molecule has 160 valence electrons. The number of esters is 1. The number of aryl methyl sites for hydroxylation is 1. The van der Waals surface area contributed by atoms with Crippen LogP contribution in [-0.4, -0.2) is 17.7 Å². The molecule has 1 unspecified atom stereocenters. The van der Waals surface area contributed by atoms with Gasteiger partial charge in [0.25, 0.3) is 0 Å². The number of hydrogen-bond donors (Lipinski definition) is 1. The first-order valence-corrected chi connectivity index (χ1v) is 10.9. The highest BCUT2D eigenvalue weighted by atomic mass is 16.5. The summed E-state index contributed by atoms with van der Waals surface area (Å²) in [5.74, 6) is 0.903. The van der Waals surface area contributed by atoms with Crippen LogP contribution in [0.25, 0.3) is 0 Å². The minimum Gasteiger partial charge on any atom is -0.507 e. The molecule has 0 bridgehead atoms. The van der Waals surface area contributed by atoms with E-state index in [9.17, 15) is 9.90 Å². The van der Waals surface area contributed by atoms with Crippen LogP contribution in [0.4, 0.5) is 0 Å². The summed E-state index contributed by atoms with van der Waals surface area (Å²) < 4.78 is 5.47. The molecule has 0 spiro atoms. The van der Waals surface area contributed by atoms with Crippen LogP contribution in [0.3, 0.4) is 0 Å². The molecule has 3 nitrogen and oxygen atoms in total. The Bertz CT molecular complexity index is 597. The lowest BCUT2D eigenvalue weighted by molar-refractivity contribution is -0.144. The van der Waals surface area contributed by atoms with Crippen LogP contribution in [-0.2, 0) is 26.8 Å². The van der Waals surface area contributed by atoms with E-state index in [-0.39, 0.29) is 16.8 Å². The second-order valence-corrected chi connectivity index (χ2v) is 10.1. The maximum absolute atomic E-state index is 12.2. The van der Waals surface area contributed by atoms with Crippen LogP contribution in [0.15, 0.2) is 12.1 Å². The van der Waals surface area contributed by atoms with Crippen molar-refractivity contribution in [2.24, 2.45) is 5.92 Å². The molecular weight excluding hydrogens is 348 g/mol. The van der Waals surface area contributed by atoms with Gasteiger partial charge >= 0.3 is 5.97 Å². The zero-order chi connectivity index (χ0) is 21.5. The predicted molar refractivity (Wildman–Crippen MR) is 118 cm³/mol. The van der Waals surface area contributed by atoms with E-state index >= 15 is 0 Å². The fraction of sp³-hybridized carbons (Fsp3) is 0.720. The van der Waals surface area contributed by atoms with E-state index in [0.29, 0.717) is 31.1 Å². The normalized spacial score (nSPS) is 13.4. The Kier molecular flexibility index (Phi) is 9.04. The molecular formula is C25H42O3. The summed E-state index contributed by atoms with van der Waals surface area (Å²) >= 11 is 0. The fourth-order valence-electron chi connectivity index (χ4n) is 3.60. The summed E-state index contributed by atoms with van der Waals surface area (Å²) in [6.45, 7) is 17.5. The standard InChI is InChI=1S/C25H42O3/c1-9-11-18(10-2)14-15-28-22(26)13-12-19-16-20(24(3,4)5)23(27)21(17-19)25(6,7)8/h16-18,27H,9-15H2,1-8H3. The Hall–Kier alpha value is -1.51. The molecule has 0 fully saturated rings. The summed E-state index contributed by atoms with van der Waals surface area (Å²) in [6.07, 6.45) is 5.49. The largest absolute Gasteiger partial charge is 0.507 e. The first-order chi connectivity index (χ1) is 12.9. The Morgan fingerprint density at radius 1 is 1.00 bits per heavy atom. The highest BCUT2D eigenvalue weighted by Gasteiger charge is 2.26. The molecule has 1 aromatic carbocycles. The van der Waals surface area contributed by atoms with Crippen LogP contribution in [0.5, 0.6) is 5.75 Å². The summed E-state index contributed by atoms with van der Waals surface area (Å²) in [6, 6.07) is 4.10. The third kappa shape index (κ3) is 7.48. The zero-order valence-corrected chi connectivity index (χ0v) is 19.4. The van der Waals surface area contributed by atoms with Gasteiger partial charge in [-0.25, -0.2) is 0 Å². The maximum Gasteiger partial charge on any atom is 0.306 e. The smallest absolute Gasteiger partial charge is 0.306 e. The lowest BCUT2D eigenvalue weighted by Crippen LogP contribution is -2.18. The average Bonchev–Trinajstić information content (AvgIpc) is 2.57. The van der Waals surface area contributed by atoms with Crippen molar-refractivity contribution in [2.75, 3.05) is 6.61 Å². The first-order valence-electron chi connectivity index (χ1n) is 10.9. The average molecular weight is 391 g/mol. The number of ether oxygens (including phenoxy) is 1. The maximum atomic E-state index is 12.2. The molecule has 0 saturated carbocycles. The molecule has 3 heteroatoms. The molecule has 1 N–H and O–H groups in total.